The van der Waals surface area contributed by atoms with Gasteiger partial charge in [-0.15, -0.1) is 0 Å². The standard InChI is InChI=1S/C6H12INO2/c1-5(4-7)6(9)10-3-2-8/h5H,2-4,8H2,1H3. The maximum atomic E-state index is 10.9. The molecule has 0 saturated heterocycles. The van der Waals surface area contributed by atoms with Crippen molar-refractivity contribution in [3.8, 4) is 0 Å². The van der Waals surface area contributed by atoms with Gasteiger partial charge in [0.2, 0.25) is 0 Å². The summed E-state index contributed by atoms with van der Waals surface area (Å²) < 4.78 is 5.57. The second-order valence-electron chi connectivity index (χ2n) is 2.01. The first-order valence-corrected chi connectivity index (χ1v) is 4.67. The number of alkyl halides is 1. The molecule has 2 N–H and O–H groups in total. The lowest BCUT2D eigenvalue weighted by molar-refractivity contribution is -0.146. The molecule has 0 saturated carbocycles. The monoisotopic (exact) mass is 257 g/mol. The minimum atomic E-state index is -0.153. The van der Waals surface area contributed by atoms with Crippen LogP contribution in [-0.2, 0) is 9.53 Å². The first-order valence-electron chi connectivity index (χ1n) is 3.15. The van der Waals surface area contributed by atoms with Crippen molar-refractivity contribution in [1.29, 1.82) is 0 Å². The normalized spacial score (nSPS) is 12.7. The van der Waals surface area contributed by atoms with E-state index in [9.17, 15) is 4.79 Å². The van der Waals surface area contributed by atoms with Crippen LogP contribution in [-0.4, -0.2) is 23.5 Å². The third-order valence-corrected chi connectivity index (χ3v) is 2.32. The Bertz CT molecular complexity index is 108. The molecule has 1 atom stereocenters. The molecule has 1 unspecified atom stereocenters. The maximum absolute atomic E-state index is 10.9. The van der Waals surface area contributed by atoms with Crippen LogP contribution in [0.15, 0.2) is 0 Å². The number of ether oxygens (including phenoxy) is 1. The Morgan fingerprint density at radius 2 is 2.40 bits per heavy atom. The Morgan fingerprint density at radius 3 is 2.80 bits per heavy atom. The predicted molar refractivity (Wildman–Crippen MR) is 48.1 cm³/mol. The molecule has 60 valence electrons. The van der Waals surface area contributed by atoms with E-state index in [-0.39, 0.29) is 11.9 Å². The van der Waals surface area contributed by atoms with Gasteiger partial charge >= 0.3 is 5.97 Å². The number of hydrogen-bond acceptors (Lipinski definition) is 3. The number of carbonyl (C=O) groups excluding carboxylic acids is 1. The lowest BCUT2D eigenvalue weighted by Crippen LogP contribution is -2.19. The zero-order valence-electron chi connectivity index (χ0n) is 5.97. The number of rotatable bonds is 4. The summed E-state index contributed by atoms with van der Waals surface area (Å²) in [6, 6.07) is 0. The van der Waals surface area contributed by atoms with Gasteiger partial charge in [0.25, 0.3) is 0 Å². The van der Waals surface area contributed by atoms with Crippen LogP contribution in [0.2, 0.25) is 0 Å². The van der Waals surface area contributed by atoms with Crippen molar-refractivity contribution in [2.24, 2.45) is 11.7 Å². The highest BCUT2D eigenvalue weighted by atomic mass is 127. The molecule has 0 aromatic heterocycles. The van der Waals surface area contributed by atoms with Gasteiger partial charge in [-0.25, -0.2) is 0 Å². The molecule has 0 fully saturated rings. The third-order valence-electron chi connectivity index (χ3n) is 0.996. The Kier molecular flexibility index (Phi) is 6.00. The second kappa shape index (κ2) is 5.91. The molecule has 0 heterocycles. The van der Waals surface area contributed by atoms with E-state index >= 15 is 0 Å². The van der Waals surface area contributed by atoms with E-state index in [1.807, 2.05) is 6.92 Å². The number of halogens is 1. The van der Waals surface area contributed by atoms with Crippen molar-refractivity contribution in [3.05, 3.63) is 0 Å². The topological polar surface area (TPSA) is 52.3 Å². The van der Waals surface area contributed by atoms with E-state index < -0.39 is 0 Å². The summed E-state index contributed by atoms with van der Waals surface area (Å²) in [4.78, 5) is 10.9. The van der Waals surface area contributed by atoms with Gasteiger partial charge in [-0.2, -0.15) is 0 Å². The third kappa shape index (κ3) is 4.05. The van der Waals surface area contributed by atoms with Crippen LogP contribution in [0.5, 0.6) is 0 Å². The summed E-state index contributed by atoms with van der Waals surface area (Å²) in [6.07, 6.45) is 0. The quantitative estimate of drug-likeness (QED) is 0.455. The molecule has 10 heavy (non-hydrogen) atoms. The lowest BCUT2D eigenvalue weighted by atomic mass is 10.2. The summed E-state index contributed by atoms with van der Waals surface area (Å²) in [7, 11) is 0. The van der Waals surface area contributed by atoms with E-state index in [4.69, 9.17) is 10.5 Å². The molecule has 0 aromatic carbocycles. The van der Waals surface area contributed by atoms with E-state index in [0.29, 0.717) is 13.2 Å². The number of hydrogen-bond donors (Lipinski definition) is 1. The van der Waals surface area contributed by atoms with Gasteiger partial charge in [0.05, 0.1) is 5.92 Å². The fourth-order valence-electron chi connectivity index (χ4n) is 0.365. The van der Waals surface area contributed by atoms with Crippen LogP contribution in [0.3, 0.4) is 0 Å². The number of nitrogens with two attached hydrogens (primary N) is 1. The molecular weight excluding hydrogens is 245 g/mol. The molecule has 0 rings (SSSR count). The Morgan fingerprint density at radius 1 is 1.80 bits per heavy atom. The summed E-state index contributed by atoms with van der Waals surface area (Å²) >= 11 is 2.15. The molecule has 4 heteroatoms. The molecule has 0 amide bonds. The molecule has 0 spiro atoms. The van der Waals surface area contributed by atoms with Crippen molar-refractivity contribution in [2.45, 2.75) is 6.92 Å². The van der Waals surface area contributed by atoms with Crippen LogP contribution in [0.4, 0.5) is 0 Å². The summed E-state index contributed by atoms with van der Waals surface area (Å²) in [5.74, 6) is -0.160. The maximum Gasteiger partial charge on any atom is 0.309 e. The van der Waals surface area contributed by atoms with E-state index in [2.05, 4.69) is 22.6 Å². The number of carbonyl (C=O) groups is 1. The fraction of sp³-hybridized carbons (Fsp3) is 0.833. The Hall–Kier alpha value is 0.160. The molecule has 0 radical (unpaired) electrons. The zero-order chi connectivity index (χ0) is 7.98. The van der Waals surface area contributed by atoms with Gasteiger partial charge in [0, 0.05) is 11.0 Å². The average molecular weight is 257 g/mol. The molecule has 0 aliphatic carbocycles. The van der Waals surface area contributed by atoms with Crippen LogP contribution < -0.4 is 5.73 Å². The minimum absolute atomic E-state index is 0.00727. The van der Waals surface area contributed by atoms with E-state index in [1.54, 1.807) is 0 Å². The molecular formula is C6H12INO2. The fourth-order valence-corrected chi connectivity index (χ4v) is 0.724. The van der Waals surface area contributed by atoms with Gasteiger partial charge < -0.3 is 10.5 Å². The lowest BCUT2D eigenvalue weighted by Gasteiger charge is -2.06. The molecule has 0 aliphatic rings. The van der Waals surface area contributed by atoms with Crippen molar-refractivity contribution in [2.75, 3.05) is 17.6 Å². The van der Waals surface area contributed by atoms with Crippen molar-refractivity contribution < 1.29 is 9.53 Å². The van der Waals surface area contributed by atoms with Crippen molar-refractivity contribution in [1.82, 2.24) is 0 Å². The Labute approximate surface area is 74.4 Å². The summed E-state index contributed by atoms with van der Waals surface area (Å²) in [6.45, 7) is 2.57. The summed E-state index contributed by atoms with van der Waals surface area (Å²) in [5, 5.41) is 0. The first kappa shape index (κ1) is 10.2. The highest BCUT2D eigenvalue weighted by Crippen LogP contribution is 2.02. The number of esters is 1. The van der Waals surface area contributed by atoms with Gasteiger partial charge in [-0.1, -0.05) is 29.5 Å². The highest BCUT2D eigenvalue weighted by Gasteiger charge is 2.11. The molecule has 0 aromatic rings. The van der Waals surface area contributed by atoms with Crippen molar-refractivity contribution in [3.63, 3.8) is 0 Å². The smallest absolute Gasteiger partial charge is 0.309 e. The van der Waals surface area contributed by atoms with Crippen LogP contribution in [0.25, 0.3) is 0 Å². The Balaban J connectivity index is 3.42. The largest absolute Gasteiger partial charge is 0.464 e. The van der Waals surface area contributed by atoms with E-state index in [0.717, 1.165) is 4.43 Å². The first-order chi connectivity index (χ1) is 4.72. The zero-order valence-corrected chi connectivity index (χ0v) is 8.13. The van der Waals surface area contributed by atoms with Gasteiger partial charge in [0.15, 0.2) is 0 Å². The minimum Gasteiger partial charge on any atom is -0.464 e. The van der Waals surface area contributed by atoms with Gasteiger partial charge in [-0.3, -0.25) is 4.79 Å². The predicted octanol–water partition coefficient (Wildman–Crippen LogP) is 0.559. The van der Waals surface area contributed by atoms with Gasteiger partial charge in [0.1, 0.15) is 6.61 Å². The van der Waals surface area contributed by atoms with Crippen LogP contribution in [0.1, 0.15) is 6.92 Å². The van der Waals surface area contributed by atoms with Crippen LogP contribution >= 0.6 is 22.6 Å². The average Bonchev–Trinajstić information content (AvgIpc) is 1.98. The highest BCUT2D eigenvalue weighted by molar-refractivity contribution is 14.1. The molecule has 0 aliphatic heterocycles. The molecule has 0 bridgehead atoms. The second-order valence-corrected chi connectivity index (χ2v) is 2.89. The van der Waals surface area contributed by atoms with Crippen molar-refractivity contribution >= 4 is 28.6 Å². The summed E-state index contributed by atoms with van der Waals surface area (Å²) in [5.41, 5.74) is 5.14. The van der Waals surface area contributed by atoms with Crippen LogP contribution in [0, 0.1) is 5.92 Å². The van der Waals surface area contributed by atoms with E-state index in [1.165, 1.54) is 0 Å². The molecule has 3 nitrogen and oxygen atoms in total. The van der Waals surface area contributed by atoms with Gasteiger partial charge in [-0.05, 0) is 0 Å². The SMILES string of the molecule is CC(CI)C(=O)OCCN.